The molecule has 0 spiro atoms. The monoisotopic (exact) mass is 401 g/mol. The Kier molecular flexibility index (Phi) is 5.72. The minimum absolute atomic E-state index is 0.244. The van der Waals surface area contributed by atoms with E-state index in [0.29, 0.717) is 23.0 Å². The molecule has 0 aliphatic rings. The van der Waals surface area contributed by atoms with Crippen molar-refractivity contribution in [1.29, 1.82) is 0 Å². The normalized spacial score (nSPS) is 10.8. The van der Waals surface area contributed by atoms with Crippen LogP contribution in [0.4, 0.5) is 0 Å². The molecule has 4 rings (SSSR count). The Morgan fingerprint density at radius 1 is 0.862 bits per heavy atom. The Balaban J connectivity index is 1.60. The van der Waals surface area contributed by atoms with Crippen LogP contribution in [0.5, 0.6) is 0 Å². The summed E-state index contributed by atoms with van der Waals surface area (Å²) >= 11 is 1.67. The molecule has 1 N–H and O–H groups in total. The highest BCUT2D eigenvalue weighted by atomic mass is 32.2. The van der Waals surface area contributed by atoms with Crippen LogP contribution in [0.25, 0.3) is 16.5 Å². The van der Waals surface area contributed by atoms with Gasteiger partial charge in [0.2, 0.25) is 0 Å². The van der Waals surface area contributed by atoms with Gasteiger partial charge in [-0.3, -0.25) is 9.59 Å². The lowest BCUT2D eigenvalue weighted by atomic mass is 10.1. The molecule has 0 fully saturated rings. The van der Waals surface area contributed by atoms with Gasteiger partial charge in [0.05, 0.1) is 11.1 Å². The van der Waals surface area contributed by atoms with Crippen molar-refractivity contribution in [2.24, 2.45) is 0 Å². The van der Waals surface area contributed by atoms with Crippen LogP contribution < -0.4 is 10.9 Å². The Morgan fingerprint density at radius 2 is 1.48 bits per heavy atom. The van der Waals surface area contributed by atoms with Crippen molar-refractivity contribution in [2.75, 3.05) is 12.3 Å². The highest BCUT2D eigenvalue weighted by molar-refractivity contribution is 7.99. The predicted octanol–water partition coefficient (Wildman–Crippen LogP) is 3.91. The average Bonchev–Trinajstić information content (AvgIpc) is 2.78. The fraction of sp³-hybridized carbons (Fsp3) is 0.0870. The first-order valence-corrected chi connectivity index (χ1v) is 10.3. The van der Waals surface area contributed by atoms with Crippen molar-refractivity contribution in [3.8, 4) is 5.69 Å². The van der Waals surface area contributed by atoms with Crippen LogP contribution in [0.15, 0.2) is 94.6 Å². The largest absolute Gasteiger partial charge is 0.350 e. The lowest BCUT2D eigenvalue weighted by molar-refractivity contribution is 0.0951. The van der Waals surface area contributed by atoms with Gasteiger partial charge in [0.25, 0.3) is 11.5 Å². The van der Waals surface area contributed by atoms with E-state index in [1.807, 2.05) is 48.5 Å². The van der Waals surface area contributed by atoms with E-state index in [1.165, 1.54) is 4.68 Å². The Morgan fingerprint density at radius 3 is 2.21 bits per heavy atom. The summed E-state index contributed by atoms with van der Waals surface area (Å²) in [6.07, 6.45) is 0. The van der Waals surface area contributed by atoms with Gasteiger partial charge in [-0.2, -0.15) is 9.78 Å². The SMILES string of the molecule is O=C(NCCSc1ccccc1)c1nn(-c2ccccc2)c(=O)c2ccccc12. The predicted molar refractivity (Wildman–Crippen MR) is 117 cm³/mol. The smallest absolute Gasteiger partial charge is 0.279 e. The first-order valence-electron chi connectivity index (χ1n) is 9.27. The summed E-state index contributed by atoms with van der Waals surface area (Å²) in [6.45, 7) is 0.499. The molecule has 0 aliphatic carbocycles. The van der Waals surface area contributed by atoms with Crippen molar-refractivity contribution in [3.05, 3.63) is 101 Å². The Hall–Kier alpha value is -3.38. The molecule has 0 saturated carbocycles. The van der Waals surface area contributed by atoms with E-state index in [1.54, 1.807) is 48.2 Å². The van der Waals surface area contributed by atoms with Crippen LogP contribution >= 0.6 is 11.8 Å². The molecule has 0 aliphatic heterocycles. The number of para-hydroxylation sites is 1. The quantitative estimate of drug-likeness (QED) is 0.393. The van der Waals surface area contributed by atoms with E-state index in [0.717, 1.165) is 10.6 Å². The van der Waals surface area contributed by atoms with Gasteiger partial charge in [-0.1, -0.05) is 54.6 Å². The number of rotatable bonds is 6. The zero-order valence-electron chi connectivity index (χ0n) is 15.6. The summed E-state index contributed by atoms with van der Waals surface area (Å²) in [4.78, 5) is 26.9. The molecule has 144 valence electrons. The molecule has 1 heterocycles. The molecule has 1 aromatic heterocycles. The summed E-state index contributed by atoms with van der Waals surface area (Å²) in [7, 11) is 0. The average molecular weight is 401 g/mol. The Labute approximate surface area is 172 Å². The van der Waals surface area contributed by atoms with Crippen LogP contribution in [-0.4, -0.2) is 28.0 Å². The fourth-order valence-electron chi connectivity index (χ4n) is 3.04. The number of hydrogen-bond acceptors (Lipinski definition) is 4. The fourth-order valence-corrected chi connectivity index (χ4v) is 3.82. The molecule has 3 aromatic carbocycles. The van der Waals surface area contributed by atoms with E-state index in [-0.39, 0.29) is 17.2 Å². The van der Waals surface area contributed by atoms with Crippen LogP contribution in [0, 0.1) is 0 Å². The number of thioether (sulfide) groups is 1. The summed E-state index contributed by atoms with van der Waals surface area (Å²) in [5.41, 5.74) is 0.619. The zero-order chi connectivity index (χ0) is 20.1. The molecule has 0 radical (unpaired) electrons. The number of nitrogens with one attached hydrogen (secondary N) is 1. The third-order valence-electron chi connectivity index (χ3n) is 4.42. The van der Waals surface area contributed by atoms with E-state index in [2.05, 4.69) is 10.4 Å². The van der Waals surface area contributed by atoms with Gasteiger partial charge in [-0.05, 0) is 30.3 Å². The van der Waals surface area contributed by atoms with Gasteiger partial charge in [-0.15, -0.1) is 11.8 Å². The molecule has 0 bridgehead atoms. The molecule has 29 heavy (non-hydrogen) atoms. The molecule has 0 atom stereocenters. The van der Waals surface area contributed by atoms with Crippen LogP contribution in [-0.2, 0) is 0 Å². The number of carbonyl (C=O) groups excluding carboxylic acids is 1. The second-order valence-corrected chi connectivity index (χ2v) is 7.53. The maximum Gasteiger partial charge on any atom is 0.279 e. The maximum absolute atomic E-state index is 12.9. The number of hydrogen-bond donors (Lipinski definition) is 1. The van der Waals surface area contributed by atoms with Gasteiger partial charge in [0.1, 0.15) is 0 Å². The van der Waals surface area contributed by atoms with Crippen molar-refractivity contribution in [2.45, 2.75) is 4.90 Å². The summed E-state index contributed by atoms with van der Waals surface area (Å²) in [5.74, 6) is 0.450. The minimum Gasteiger partial charge on any atom is -0.350 e. The topological polar surface area (TPSA) is 64.0 Å². The molecular weight excluding hydrogens is 382 g/mol. The minimum atomic E-state index is -0.292. The molecule has 4 aromatic rings. The zero-order valence-corrected chi connectivity index (χ0v) is 16.4. The first-order chi connectivity index (χ1) is 14.2. The molecule has 1 amide bonds. The van der Waals surface area contributed by atoms with Crippen LogP contribution in [0.2, 0.25) is 0 Å². The number of fused-ring (bicyclic) bond motifs is 1. The lowest BCUT2D eigenvalue weighted by Gasteiger charge is -2.11. The van der Waals surface area contributed by atoms with Gasteiger partial charge in [0.15, 0.2) is 5.69 Å². The van der Waals surface area contributed by atoms with Crippen molar-refractivity contribution in [3.63, 3.8) is 0 Å². The second kappa shape index (κ2) is 8.75. The van der Waals surface area contributed by atoms with Crippen molar-refractivity contribution >= 4 is 28.4 Å². The number of benzene rings is 3. The van der Waals surface area contributed by atoms with E-state index in [9.17, 15) is 9.59 Å². The molecule has 6 heteroatoms. The lowest BCUT2D eigenvalue weighted by Crippen LogP contribution is -2.31. The van der Waals surface area contributed by atoms with E-state index in [4.69, 9.17) is 0 Å². The van der Waals surface area contributed by atoms with Crippen LogP contribution in [0.3, 0.4) is 0 Å². The van der Waals surface area contributed by atoms with Gasteiger partial charge >= 0.3 is 0 Å². The van der Waals surface area contributed by atoms with Gasteiger partial charge < -0.3 is 5.32 Å². The highest BCUT2D eigenvalue weighted by Crippen LogP contribution is 2.17. The van der Waals surface area contributed by atoms with Gasteiger partial charge in [0, 0.05) is 22.6 Å². The standard InChI is InChI=1S/C23H19N3O2S/c27-22(24-15-16-29-18-11-5-2-6-12-18)21-19-13-7-8-14-20(19)23(28)26(25-21)17-9-3-1-4-10-17/h1-14H,15-16H2,(H,24,27). The highest BCUT2D eigenvalue weighted by Gasteiger charge is 2.17. The molecular formula is C23H19N3O2S. The Bertz CT molecular complexity index is 1190. The summed E-state index contributed by atoms with van der Waals surface area (Å²) in [6, 6.07) is 26.2. The van der Waals surface area contributed by atoms with E-state index >= 15 is 0 Å². The maximum atomic E-state index is 12.9. The van der Waals surface area contributed by atoms with E-state index < -0.39 is 0 Å². The molecule has 5 nitrogen and oxygen atoms in total. The third kappa shape index (κ3) is 4.22. The number of amides is 1. The number of carbonyl (C=O) groups is 1. The second-order valence-electron chi connectivity index (χ2n) is 6.36. The number of aromatic nitrogens is 2. The summed E-state index contributed by atoms with van der Waals surface area (Å²) in [5, 5.41) is 8.34. The number of nitrogens with zero attached hydrogens (tertiary/aromatic N) is 2. The van der Waals surface area contributed by atoms with Crippen LogP contribution in [0.1, 0.15) is 10.5 Å². The third-order valence-corrected chi connectivity index (χ3v) is 5.43. The molecule has 0 unspecified atom stereocenters. The summed E-state index contributed by atoms with van der Waals surface area (Å²) < 4.78 is 1.29. The first kappa shape index (κ1) is 19.0. The van der Waals surface area contributed by atoms with Crippen molar-refractivity contribution in [1.82, 2.24) is 15.1 Å². The van der Waals surface area contributed by atoms with Crippen molar-refractivity contribution < 1.29 is 4.79 Å². The molecule has 0 saturated heterocycles. The van der Waals surface area contributed by atoms with Gasteiger partial charge in [-0.25, -0.2) is 0 Å².